The van der Waals surface area contributed by atoms with E-state index in [1.807, 2.05) is 13.8 Å². The lowest BCUT2D eigenvalue weighted by molar-refractivity contribution is -0.137. The number of hydrogen-bond donors (Lipinski definition) is 1. The average molecular weight is 387 g/mol. The Morgan fingerprint density at radius 1 is 0.821 bits per heavy atom. The summed E-state index contributed by atoms with van der Waals surface area (Å²) in [7, 11) is 0. The van der Waals surface area contributed by atoms with Crippen molar-refractivity contribution in [3.8, 4) is 5.75 Å². The zero-order valence-corrected chi connectivity index (χ0v) is 15.4. The monoisotopic (exact) mass is 387 g/mol. The molecule has 3 aromatic rings. The fourth-order valence-corrected chi connectivity index (χ4v) is 3.02. The van der Waals surface area contributed by atoms with Crippen molar-refractivity contribution in [2.75, 3.05) is 0 Å². The standard InChI is InChI=1S/C22H20F3NO2/c1-15(2)28-20-11-9-17(10-12-20)21(27,19-4-3-13-26-14-19)16-5-7-18(8-6-16)22(23,24)25/h3-15,27H,1-2H3. The molecule has 0 saturated heterocycles. The van der Waals surface area contributed by atoms with Crippen LogP contribution in [0.1, 0.15) is 36.1 Å². The predicted molar refractivity (Wildman–Crippen MR) is 100.0 cm³/mol. The molecule has 1 unspecified atom stereocenters. The SMILES string of the molecule is CC(C)Oc1ccc(C(O)(c2ccc(C(F)(F)F)cc2)c2cccnc2)cc1. The summed E-state index contributed by atoms with van der Waals surface area (Å²) in [5.74, 6) is 0.639. The summed E-state index contributed by atoms with van der Waals surface area (Å²) in [6.45, 7) is 3.81. The van der Waals surface area contributed by atoms with Gasteiger partial charge in [0.25, 0.3) is 0 Å². The third-order valence-electron chi connectivity index (χ3n) is 4.35. The van der Waals surface area contributed by atoms with Crippen molar-refractivity contribution in [3.05, 3.63) is 95.3 Å². The molecule has 0 aliphatic heterocycles. The van der Waals surface area contributed by atoms with Gasteiger partial charge in [-0.2, -0.15) is 13.2 Å². The summed E-state index contributed by atoms with van der Waals surface area (Å²) in [5, 5.41) is 11.6. The molecule has 1 aromatic heterocycles. The van der Waals surface area contributed by atoms with Gasteiger partial charge >= 0.3 is 6.18 Å². The average Bonchev–Trinajstić information content (AvgIpc) is 2.67. The molecular weight excluding hydrogens is 367 g/mol. The van der Waals surface area contributed by atoms with Crippen molar-refractivity contribution in [2.24, 2.45) is 0 Å². The molecule has 0 spiro atoms. The van der Waals surface area contributed by atoms with Crippen LogP contribution >= 0.6 is 0 Å². The fourth-order valence-electron chi connectivity index (χ4n) is 3.02. The molecule has 6 heteroatoms. The number of rotatable bonds is 5. The van der Waals surface area contributed by atoms with Crippen molar-refractivity contribution in [1.29, 1.82) is 0 Å². The number of halogens is 3. The maximum absolute atomic E-state index is 12.9. The van der Waals surface area contributed by atoms with E-state index in [-0.39, 0.29) is 6.10 Å². The quantitative estimate of drug-likeness (QED) is 0.657. The molecule has 3 nitrogen and oxygen atoms in total. The molecule has 0 fully saturated rings. The van der Waals surface area contributed by atoms with Crippen LogP contribution in [0.4, 0.5) is 13.2 Å². The lowest BCUT2D eigenvalue weighted by Crippen LogP contribution is -2.29. The van der Waals surface area contributed by atoms with Gasteiger partial charge in [-0.1, -0.05) is 30.3 Å². The number of alkyl halides is 3. The minimum Gasteiger partial charge on any atom is -0.491 e. The van der Waals surface area contributed by atoms with Crippen LogP contribution in [0.5, 0.6) is 5.75 Å². The highest BCUT2D eigenvalue weighted by Gasteiger charge is 2.36. The lowest BCUT2D eigenvalue weighted by atomic mass is 9.81. The lowest BCUT2D eigenvalue weighted by Gasteiger charge is -2.30. The first-order valence-corrected chi connectivity index (χ1v) is 8.79. The maximum Gasteiger partial charge on any atom is 0.416 e. The normalized spacial score (nSPS) is 14.0. The van der Waals surface area contributed by atoms with Crippen LogP contribution in [-0.4, -0.2) is 16.2 Å². The number of aromatic nitrogens is 1. The van der Waals surface area contributed by atoms with E-state index in [0.29, 0.717) is 22.4 Å². The van der Waals surface area contributed by atoms with Gasteiger partial charge in [-0.3, -0.25) is 4.98 Å². The third-order valence-corrected chi connectivity index (χ3v) is 4.35. The second kappa shape index (κ2) is 7.64. The topological polar surface area (TPSA) is 42.4 Å². The van der Waals surface area contributed by atoms with Crippen molar-refractivity contribution in [3.63, 3.8) is 0 Å². The molecule has 0 radical (unpaired) electrons. The van der Waals surface area contributed by atoms with Crippen LogP contribution in [0, 0.1) is 0 Å². The maximum atomic E-state index is 12.9. The van der Waals surface area contributed by atoms with Crippen LogP contribution in [0.3, 0.4) is 0 Å². The molecule has 1 atom stereocenters. The van der Waals surface area contributed by atoms with E-state index in [4.69, 9.17) is 4.74 Å². The van der Waals surface area contributed by atoms with E-state index >= 15 is 0 Å². The largest absolute Gasteiger partial charge is 0.491 e. The van der Waals surface area contributed by atoms with Crippen LogP contribution < -0.4 is 4.74 Å². The molecule has 28 heavy (non-hydrogen) atoms. The van der Waals surface area contributed by atoms with E-state index in [2.05, 4.69) is 4.98 Å². The smallest absolute Gasteiger partial charge is 0.416 e. The molecule has 2 aromatic carbocycles. The molecule has 3 rings (SSSR count). The first-order chi connectivity index (χ1) is 13.2. The molecular formula is C22H20F3NO2. The van der Waals surface area contributed by atoms with Gasteiger partial charge in [0.2, 0.25) is 0 Å². The first kappa shape index (κ1) is 19.9. The summed E-state index contributed by atoms with van der Waals surface area (Å²) in [6.07, 6.45) is -1.38. The van der Waals surface area contributed by atoms with Gasteiger partial charge in [-0.25, -0.2) is 0 Å². The third kappa shape index (κ3) is 4.02. The van der Waals surface area contributed by atoms with Gasteiger partial charge in [-0.15, -0.1) is 0 Å². The van der Waals surface area contributed by atoms with E-state index < -0.39 is 17.3 Å². The van der Waals surface area contributed by atoms with Gasteiger partial charge in [0.1, 0.15) is 11.4 Å². The zero-order chi connectivity index (χ0) is 20.4. The van der Waals surface area contributed by atoms with Crippen molar-refractivity contribution in [1.82, 2.24) is 4.98 Å². The van der Waals surface area contributed by atoms with E-state index in [1.165, 1.54) is 18.3 Å². The summed E-state index contributed by atoms with van der Waals surface area (Å²) < 4.78 is 44.4. The highest BCUT2D eigenvalue weighted by molar-refractivity contribution is 5.48. The van der Waals surface area contributed by atoms with Gasteiger partial charge in [-0.05, 0) is 55.3 Å². The summed E-state index contributed by atoms with van der Waals surface area (Å²) in [6, 6.07) is 14.7. The highest BCUT2D eigenvalue weighted by atomic mass is 19.4. The van der Waals surface area contributed by atoms with E-state index in [1.54, 1.807) is 42.6 Å². The molecule has 1 N–H and O–H groups in total. The Bertz CT molecular complexity index is 907. The minimum atomic E-state index is -4.44. The van der Waals surface area contributed by atoms with E-state index in [9.17, 15) is 18.3 Å². The van der Waals surface area contributed by atoms with Gasteiger partial charge in [0, 0.05) is 18.0 Å². The number of ether oxygens (including phenoxy) is 1. The van der Waals surface area contributed by atoms with Crippen molar-refractivity contribution in [2.45, 2.75) is 31.7 Å². The van der Waals surface area contributed by atoms with E-state index in [0.717, 1.165) is 12.1 Å². The predicted octanol–water partition coefficient (Wildman–Crippen LogP) is 5.17. The molecule has 0 amide bonds. The zero-order valence-electron chi connectivity index (χ0n) is 15.4. The Labute approximate surface area is 161 Å². The Morgan fingerprint density at radius 2 is 1.36 bits per heavy atom. The van der Waals surface area contributed by atoms with Crippen molar-refractivity contribution < 1.29 is 23.0 Å². The Balaban J connectivity index is 2.09. The second-order valence-corrected chi connectivity index (χ2v) is 6.72. The number of hydrogen-bond acceptors (Lipinski definition) is 3. The van der Waals surface area contributed by atoms with Gasteiger partial charge in [0.05, 0.1) is 11.7 Å². The summed E-state index contributed by atoms with van der Waals surface area (Å²) >= 11 is 0. The van der Waals surface area contributed by atoms with Crippen LogP contribution in [0.25, 0.3) is 0 Å². The molecule has 146 valence electrons. The summed E-state index contributed by atoms with van der Waals surface area (Å²) in [4.78, 5) is 4.05. The molecule has 0 bridgehead atoms. The van der Waals surface area contributed by atoms with Gasteiger partial charge < -0.3 is 9.84 Å². The molecule has 0 aliphatic carbocycles. The molecule has 1 heterocycles. The Morgan fingerprint density at radius 3 is 1.82 bits per heavy atom. The molecule has 0 aliphatic rings. The number of nitrogens with zero attached hydrogens (tertiary/aromatic N) is 1. The number of aliphatic hydroxyl groups is 1. The Kier molecular flexibility index (Phi) is 5.42. The highest BCUT2D eigenvalue weighted by Crippen LogP contribution is 2.38. The number of benzene rings is 2. The Hall–Kier alpha value is -2.86. The first-order valence-electron chi connectivity index (χ1n) is 8.79. The summed E-state index contributed by atoms with van der Waals surface area (Å²) in [5.41, 5.74) is -1.17. The molecule has 0 saturated carbocycles. The van der Waals surface area contributed by atoms with Crippen molar-refractivity contribution >= 4 is 0 Å². The minimum absolute atomic E-state index is 0.00188. The van der Waals surface area contributed by atoms with Gasteiger partial charge in [0.15, 0.2) is 0 Å². The second-order valence-electron chi connectivity index (χ2n) is 6.72. The van der Waals surface area contributed by atoms with Crippen LogP contribution in [-0.2, 0) is 11.8 Å². The number of pyridine rings is 1. The van der Waals surface area contributed by atoms with Crippen LogP contribution in [0.15, 0.2) is 73.1 Å². The fraction of sp³-hybridized carbons (Fsp3) is 0.227. The van der Waals surface area contributed by atoms with Crippen LogP contribution in [0.2, 0.25) is 0 Å².